The van der Waals surface area contributed by atoms with Gasteiger partial charge in [0.2, 0.25) is 0 Å². The van der Waals surface area contributed by atoms with E-state index in [0.29, 0.717) is 6.54 Å². The summed E-state index contributed by atoms with van der Waals surface area (Å²) >= 11 is 0. The molecule has 1 aromatic heterocycles. The molecule has 0 saturated carbocycles. The zero-order valence-corrected chi connectivity index (χ0v) is 8.70. The summed E-state index contributed by atoms with van der Waals surface area (Å²) in [5.41, 5.74) is 2.47. The summed E-state index contributed by atoms with van der Waals surface area (Å²) in [6, 6.07) is 10.4. The van der Waals surface area contributed by atoms with E-state index >= 15 is 0 Å². The standard InChI is InChI=1S/C12H13N3/c1-15-9-10(8-14-7-6-13)11-4-2-3-5-12(11)15/h2-5,9,14H,7-8H2,1H3. The molecule has 0 aliphatic rings. The molecule has 3 nitrogen and oxygen atoms in total. The molecule has 0 amide bonds. The van der Waals surface area contributed by atoms with E-state index in [1.165, 1.54) is 16.5 Å². The van der Waals surface area contributed by atoms with Crippen molar-refractivity contribution in [1.82, 2.24) is 9.88 Å². The van der Waals surface area contributed by atoms with Crippen LogP contribution >= 0.6 is 0 Å². The molecule has 0 unspecified atom stereocenters. The molecule has 0 radical (unpaired) electrons. The summed E-state index contributed by atoms with van der Waals surface area (Å²) in [5, 5.41) is 12.8. The number of aryl methyl sites for hydroxylation is 1. The molecule has 2 rings (SSSR count). The average Bonchev–Trinajstić information content (AvgIpc) is 2.58. The minimum absolute atomic E-state index is 0.392. The molecule has 76 valence electrons. The molecule has 0 atom stereocenters. The van der Waals surface area contributed by atoms with Crippen LogP contribution < -0.4 is 5.32 Å². The number of hydrogen-bond acceptors (Lipinski definition) is 2. The van der Waals surface area contributed by atoms with E-state index in [9.17, 15) is 0 Å². The van der Waals surface area contributed by atoms with Crippen LogP contribution in [0.25, 0.3) is 10.9 Å². The molecule has 1 N–H and O–H groups in total. The number of benzene rings is 1. The Morgan fingerprint density at radius 3 is 3.00 bits per heavy atom. The molecule has 0 saturated heterocycles. The third-order valence-corrected chi connectivity index (χ3v) is 2.50. The van der Waals surface area contributed by atoms with Crippen molar-refractivity contribution >= 4 is 10.9 Å². The molecule has 3 heteroatoms. The molecule has 2 aromatic rings. The van der Waals surface area contributed by atoms with Gasteiger partial charge in [-0.2, -0.15) is 5.26 Å². The first-order valence-electron chi connectivity index (χ1n) is 4.93. The van der Waals surface area contributed by atoms with E-state index < -0.39 is 0 Å². The van der Waals surface area contributed by atoms with Gasteiger partial charge in [-0.05, 0) is 11.6 Å². The highest BCUT2D eigenvalue weighted by Gasteiger charge is 2.04. The Labute approximate surface area is 88.9 Å². The van der Waals surface area contributed by atoms with E-state index in [4.69, 9.17) is 5.26 Å². The Morgan fingerprint density at radius 1 is 1.40 bits per heavy atom. The molecule has 0 spiro atoms. The highest BCUT2D eigenvalue weighted by molar-refractivity contribution is 5.83. The minimum Gasteiger partial charge on any atom is -0.350 e. The van der Waals surface area contributed by atoms with Crippen LogP contribution in [-0.4, -0.2) is 11.1 Å². The maximum Gasteiger partial charge on any atom is 0.0843 e. The lowest BCUT2D eigenvalue weighted by Crippen LogP contribution is -2.12. The Hall–Kier alpha value is -1.79. The van der Waals surface area contributed by atoms with E-state index in [0.717, 1.165) is 6.54 Å². The maximum atomic E-state index is 8.45. The lowest BCUT2D eigenvalue weighted by molar-refractivity contribution is 0.765. The Bertz CT molecular complexity index is 505. The molecule has 0 aliphatic heterocycles. The van der Waals surface area contributed by atoms with Crippen LogP contribution in [0.2, 0.25) is 0 Å². The zero-order valence-electron chi connectivity index (χ0n) is 8.70. The summed E-state index contributed by atoms with van der Waals surface area (Å²) in [6.45, 7) is 1.14. The lowest BCUT2D eigenvalue weighted by atomic mass is 10.2. The Balaban J connectivity index is 2.32. The normalized spacial score (nSPS) is 10.4. The van der Waals surface area contributed by atoms with Crippen LogP contribution in [0.15, 0.2) is 30.5 Å². The predicted molar refractivity (Wildman–Crippen MR) is 60.2 cm³/mol. The fourth-order valence-corrected chi connectivity index (χ4v) is 1.82. The summed E-state index contributed by atoms with van der Waals surface area (Å²) in [7, 11) is 2.04. The van der Waals surface area contributed by atoms with Gasteiger partial charge in [-0.15, -0.1) is 0 Å². The number of aromatic nitrogens is 1. The molecule has 0 aliphatic carbocycles. The van der Waals surface area contributed by atoms with Gasteiger partial charge in [0.05, 0.1) is 12.6 Å². The maximum absolute atomic E-state index is 8.45. The van der Waals surface area contributed by atoms with Crippen LogP contribution in [0.1, 0.15) is 5.56 Å². The fourth-order valence-electron chi connectivity index (χ4n) is 1.82. The monoisotopic (exact) mass is 199 g/mol. The van der Waals surface area contributed by atoms with Gasteiger partial charge in [0.25, 0.3) is 0 Å². The van der Waals surface area contributed by atoms with Gasteiger partial charge < -0.3 is 9.88 Å². The summed E-state index contributed by atoms with van der Waals surface area (Å²) in [4.78, 5) is 0. The van der Waals surface area contributed by atoms with Crippen LogP contribution in [-0.2, 0) is 13.6 Å². The molecular weight excluding hydrogens is 186 g/mol. The highest BCUT2D eigenvalue weighted by atomic mass is 14.9. The van der Waals surface area contributed by atoms with E-state index in [-0.39, 0.29) is 0 Å². The first kappa shape index (κ1) is 9.75. The number of fused-ring (bicyclic) bond motifs is 1. The van der Waals surface area contributed by atoms with Crippen molar-refractivity contribution in [2.45, 2.75) is 6.54 Å². The van der Waals surface area contributed by atoms with Gasteiger partial charge in [-0.3, -0.25) is 0 Å². The molecule has 15 heavy (non-hydrogen) atoms. The van der Waals surface area contributed by atoms with E-state index in [2.05, 4.69) is 34.3 Å². The Morgan fingerprint density at radius 2 is 2.20 bits per heavy atom. The van der Waals surface area contributed by atoms with Gasteiger partial charge >= 0.3 is 0 Å². The van der Waals surface area contributed by atoms with Gasteiger partial charge in [0.1, 0.15) is 0 Å². The fraction of sp³-hybridized carbons (Fsp3) is 0.250. The van der Waals surface area contributed by atoms with Crippen molar-refractivity contribution in [1.29, 1.82) is 5.26 Å². The third kappa shape index (κ3) is 1.85. The molecular formula is C12H13N3. The minimum atomic E-state index is 0.392. The lowest BCUT2D eigenvalue weighted by Gasteiger charge is -1.97. The van der Waals surface area contributed by atoms with Crippen molar-refractivity contribution in [2.24, 2.45) is 7.05 Å². The van der Waals surface area contributed by atoms with Crippen LogP contribution in [0.5, 0.6) is 0 Å². The summed E-state index contributed by atoms with van der Waals surface area (Å²) in [6.07, 6.45) is 2.11. The molecule has 0 fully saturated rings. The van der Waals surface area contributed by atoms with Gasteiger partial charge in [-0.1, -0.05) is 18.2 Å². The number of nitrogens with one attached hydrogen (secondary N) is 1. The second-order valence-electron chi connectivity index (χ2n) is 3.54. The van der Waals surface area contributed by atoms with Crippen molar-refractivity contribution in [3.8, 4) is 6.07 Å². The van der Waals surface area contributed by atoms with Crippen LogP contribution in [0.3, 0.4) is 0 Å². The number of hydrogen-bond donors (Lipinski definition) is 1. The van der Waals surface area contributed by atoms with E-state index in [1.54, 1.807) is 0 Å². The third-order valence-electron chi connectivity index (χ3n) is 2.50. The topological polar surface area (TPSA) is 40.8 Å². The quantitative estimate of drug-likeness (QED) is 0.604. The predicted octanol–water partition coefficient (Wildman–Crippen LogP) is 1.79. The Kier molecular flexibility index (Phi) is 2.70. The first-order chi connectivity index (χ1) is 7.33. The van der Waals surface area contributed by atoms with E-state index in [1.807, 2.05) is 19.2 Å². The molecule has 1 aromatic carbocycles. The number of para-hydroxylation sites is 1. The van der Waals surface area contributed by atoms with Crippen molar-refractivity contribution < 1.29 is 0 Å². The van der Waals surface area contributed by atoms with Crippen molar-refractivity contribution in [2.75, 3.05) is 6.54 Å². The number of rotatable bonds is 3. The SMILES string of the molecule is Cn1cc(CNCC#N)c2ccccc21. The first-order valence-corrected chi connectivity index (χ1v) is 4.93. The zero-order chi connectivity index (χ0) is 10.7. The summed E-state index contributed by atoms with van der Waals surface area (Å²) < 4.78 is 2.11. The summed E-state index contributed by atoms with van der Waals surface area (Å²) in [5.74, 6) is 0. The van der Waals surface area contributed by atoms with Crippen LogP contribution in [0, 0.1) is 11.3 Å². The average molecular weight is 199 g/mol. The van der Waals surface area contributed by atoms with Gasteiger partial charge in [0, 0.05) is 30.7 Å². The van der Waals surface area contributed by atoms with Crippen molar-refractivity contribution in [3.63, 3.8) is 0 Å². The highest BCUT2D eigenvalue weighted by Crippen LogP contribution is 2.19. The van der Waals surface area contributed by atoms with Crippen molar-refractivity contribution in [3.05, 3.63) is 36.0 Å². The van der Waals surface area contributed by atoms with Gasteiger partial charge in [0.15, 0.2) is 0 Å². The van der Waals surface area contributed by atoms with Crippen LogP contribution in [0.4, 0.5) is 0 Å². The molecule has 0 bridgehead atoms. The molecule has 1 heterocycles. The number of nitrogens with zero attached hydrogens (tertiary/aromatic N) is 2. The second kappa shape index (κ2) is 4.16. The second-order valence-corrected chi connectivity index (χ2v) is 3.54. The number of nitriles is 1. The van der Waals surface area contributed by atoms with Gasteiger partial charge in [-0.25, -0.2) is 0 Å². The smallest absolute Gasteiger partial charge is 0.0843 e. The largest absolute Gasteiger partial charge is 0.350 e.